The van der Waals surface area contributed by atoms with Crippen molar-refractivity contribution in [3.8, 4) is 11.1 Å². The Morgan fingerprint density at radius 1 is 1.08 bits per heavy atom. The number of rotatable bonds is 7. The van der Waals surface area contributed by atoms with Crippen molar-refractivity contribution in [2.45, 2.75) is 24.3 Å². The average Bonchev–Trinajstić information content (AvgIpc) is 3.20. The first-order valence-electron chi connectivity index (χ1n) is 8.26. The summed E-state index contributed by atoms with van der Waals surface area (Å²) in [6.45, 7) is 0.566. The fraction of sp³-hybridized carbons (Fsp3) is 0.190. The van der Waals surface area contributed by atoms with Crippen molar-refractivity contribution in [2.75, 3.05) is 6.26 Å². The first-order chi connectivity index (χ1) is 12.3. The minimum absolute atomic E-state index is 0.0917. The molecule has 0 aliphatic heterocycles. The van der Waals surface area contributed by atoms with E-state index >= 15 is 0 Å². The Balaban J connectivity index is 1.54. The standard InChI is InChI=1S/C21H21NOS2/c1-24-19-9-6-16(7-10-19)8-11-21(23)22-14-17-4-2-3-5-20(17)18-12-13-25-15-18/h2-7,9-10,12-13,15H,8,11,14H2,1H3,(H,22,23). The number of carbonyl (C=O) groups excluding carboxylic acids is 1. The maximum Gasteiger partial charge on any atom is 0.220 e. The molecule has 0 bridgehead atoms. The number of thioether (sulfide) groups is 1. The second kappa shape index (κ2) is 8.88. The van der Waals surface area contributed by atoms with Gasteiger partial charge in [-0.25, -0.2) is 0 Å². The summed E-state index contributed by atoms with van der Waals surface area (Å²) in [7, 11) is 0. The maximum atomic E-state index is 12.2. The monoisotopic (exact) mass is 367 g/mol. The van der Waals surface area contributed by atoms with E-state index in [1.165, 1.54) is 21.6 Å². The number of aryl methyl sites for hydroxylation is 1. The van der Waals surface area contributed by atoms with Gasteiger partial charge in [-0.3, -0.25) is 4.79 Å². The van der Waals surface area contributed by atoms with Crippen LogP contribution < -0.4 is 5.32 Å². The molecule has 0 aliphatic rings. The van der Waals surface area contributed by atoms with Crippen LogP contribution in [0.5, 0.6) is 0 Å². The van der Waals surface area contributed by atoms with Crippen LogP contribution in [-0.4, -0.2) is 12.2 Å². The SMILES string of the molecule is CSc1ccc(CCC(=O)NCc2ccccc2-c2ccsc2)cc1. The molecule has 1 aromatic heterocycles. The van der Waals surface area contributed by atoms with Gasteiger partial charge < -0.3 is 5.32 Å². The van der Waals surface area contributed by atoms with Crippen LogP contribution in [0.4, 0.5) is 0 Å². The highest BCUT2D eigenvalue weighted by molar-refractivity contribution is 7.98. The molecule has 3 aromatic rings. The fourth-order valence-corrected chi connectivity index (χ4v) is 3.77. The molecule has 128 valence electrons. The van der Waals surface area contributed by atoms with Gasteiger partial charge >= 0.3 is 0 Å². The Labute approximate surface area is 157 Å². The molecule has 25 heavy (non-hydrogen) atoms. The van der Waals surface area contributed by atoms with Crippen molar-refractivity contribution < 1.29 is 4.79 Å². The third kappa shape index (κ3) is 4.97. The summed E-state index contributed by atoms with van der Waals surface area (Å²) >= 11 is 3.42. The molecule has 1 heterocycles. The Bertz CT molecular complexity index is 810. The van der Waals surface area contributed by atoms with Gasteiger partial charge in [0.25, 0.3) is 0 Å². The number of thiophene rings is 1. The molecule has 2 nitrogen and oxygen atoms in total. The third-order valence-electron chi connectivity index (χ3n) is 4.13. The highest BCUT2D eigenvalue weighted by atomic mass is 32.2. The van der Waals surface area contributed by atoms with Crippen molar-refractivity contribution in [3.63, 3.8) is 0 Å². The third-order valence-corrected chi connectivity index (χ3v) is 5.55. The number of hydrogen-bond acceptors (Lipinski definition) is 3. The molecule has 0 saturated carbocycles. The number of hydrogen-bond donors (Lipinski definition) is 1. The molecule has 0 aliphatic carbocycles. The molecule has 0 spiro atoms. The molecule has 0 radical (unpaired) electrons. The smallest absolute Gasteiger partial charge is 0.220 e. The van der Waals surface area contributed by atoms with Crippen LogP contribution in [0.3, 0.4) is 0 Å². The van der Waals surface area contributed by atoms with E-state index in [-0.39, 0.29) is 5.91 Å². The van der Waals surface area contributed by atoms with Gasteiger partial charge in [-0.05, 0) is 63.9 Å². The van der Waals surface area contributed by atoms with E-state index in [0.29, 0.717) is 13.0 Å². The average molecular weight is 368 g/mol. The van der Waals surface area contributed by atoms with Gasteiger partial charge in [0.05, 0.1) is 0 Å². The zero-order chi connectivity index (χ0) is 17.5. The number of carbonyl (C=O) groups is 1. The van der Waals surface area contributed by atoms with E-state index < -0.39 is 0 Å². The van der Waals surface area contributed by atoms with E-state index in [1.54, 1.807) is 23.1 Å². The van der Waals surface area contributed by atoms with Gasteiger partial charge in [0.2, 0.25) is 5.91 Å². The van der Waals surface area contributed by atoms with Crippen LogP contribution in [0.15, 0.2) is 70.3 Å². The van der Waals surface area contributed by atoms with E-state index in [9.17, 15) is 4.79 Å². The summed E-state index contributed by atoms with van der Waals surface area (Å²) in [4.78, 5) is 13.4. The molecule has 0 unspecified atom stereocenters. The highest BCUT2D eigenvalue weighted by Gasteiger charge is 2.07. The topological polar surface area (TPSA) is 29.1 Å². The van der Waals surface area contributed by atoms with Gasteiger partial charge in [-0.1, -0.05) is 36.4 Å². The summed E-state index contributed by atoms with van der Waals surface area (Å²) in [5, 5.41) is 7.27. The number of nitrogens with one attached hydrogen (secondary N) is 1. The Hall–Kier alpha value is -2.04. The van der Waals surface area contributed by atoms with Crippen molar-refractivity contribution in [1.82, 2.24) is 5.32 Å². The number of benzene rings is 2. The lowest BCUT2D eigenvalue weighted by atomic mass is 10.0. The molecule has 3 rings (SSSR count). The molecule has 0 saturated heterocycles. The van der Waals surface area contributed by atoms with Crippen LogP contribution in [0.2, 0.25) is 0 Å². The summed E-state index contributed by atoms with van der Waals surface area (Å²) in [5.41, 5.74) is 4.76. The lowest BCUT2D eigenvalue weighted by molar-refractivity contribution is -0.121. The van der Waals surface area contributed by atoms with E-state index in [2.05, 4.69) is 64.8 Å². The minimum Gasteiger partial charge on any atom is -0.352 e. The molecule has 1 amide bonds. The van der Waals surface area contributed by atoms with Gasteiger partial charge in [0, 0.05) is 17.9 Å². The van der Waals surface area contributed by atoms with Gasteiger partial charge in [-0.2, -0.15) is 11.3 Å². The molecular weight excluding hydrogens is 346 g/mol. The zero-order valence-corrected chi connectivity index (χ0v) is 15.8. The quantitative estimate of drug-likeness (QED) is 0.568. The molecular formula is C21H21NOS2. The lowest BCUT2D eigenvalue weighted by Crippen LogP contribution is -2.23. The van der Waals surface area contributed by atoms with Crippen molar-refractivity contribution >= 4 is 29.0 Å². The number of amides is 1. The van der Waals surface area contributed by atoms with Gasteiger partial charge in [0.1, 0.15) is 0 Å². The largest absolute Gasteiger partial charge is 0.352 e. The second-order valence-corrected chi connectivity index (χ2v) is 7.45. The van der Waals surface area contributed by atoms with Crippen molar-refractivity contribution in [1.29, 1.82) is 0 Å². The predicted octanol–water partition coefficient (Wildman–Crippen LogP) is 5.39. The zero-order valence-electron chi connectivity index (χ0n) is 14.2. The predicted molar refractivity (Wildman–Crippen MR) is 108 cm³/mol. The molecule has 0 atom stereocenters. The summed E-state index contributed by atoms with van der Waals surface area (Å²) in [6, 6.07) is 18.8. The first kappa shape index (κ1) is 17.8. The Morgan fingerprint density at radius 2 is 1.88 bits per heavy atom. The molecule has 0 fully saturated rings. The summed E-state index contributed by atoms with van der Waals surface area (Å²) in [6.07, 6.45) is 3.35. The van der Waals surface area contributed by atoms with Crippen molar-refractivity contribution in [2.24, 2.45) is 0 Å². The van der Waals surface area contributed by atoms with E-state index in [1.807, 2.05) is 12.1 Å². The lowest BCUT2D eigenvalue weighted by Gasteiger charge is -2.10. The summed E-state index contributed by atoms with van der Waals surface area (Å²) < 4.78 is 0. The van der Waals surface area contributed by atoms with Crippen LogP contribution >= 0.6 is 23.1 Å². The molecule has 4 heteroatoms. The van der Waals surface area contributed by atoms with Crippen LogP contribution in [-0.2, 0) is 17.8 Å². The highest BCUT2D eigenvalue weighted by Crippen LogP contribution is 2.25. The minimum atomic E-state index is 0.0917. The fourth-order valence-electron chi connectivity index (χ4n) is 2.71. The molecule has 2 aromatic carbocycles. The Morgan fingerprint density at radius 3 is 2.60 bits per heavy atom. The van der Waals surface area contributed by atoms with Gasteiger partial charge in [-0.15, -0.1) is 11.8 Å². The van der Waals surface area contributed by atoms with Gasteiger partial charge in [0.15, 0.2) is 0 Å². The maximum absolute atomic E-state index is 12.2. The molecule has 1 N–H and O–H groups in total. The summed E-state index contributed by atoms with van der Waals surface area (Å²) in [5.74, 6) is 0.0917. The van der Waals surface area contributed by atoms with Crippen LogP contribution in [0.1, 0.15) is 17.5 Å². The normalized spacial score (nSPS) is 10.6. The van der Waals surface area contributed by atoms with Crippen molar-refractivity contribution in [3.05, 3.63) is 76.5 Å². The first-order valence-corrected chi connectivity index (χ1v) is 10.4. The van der Waals surface area contributed by atoms with E-state index in [4.69, 9.17) is 0 Å². The van der Waals surface area contributed by atoms with E-state index in [0.717, 1.165) is 12.0 Å². The van der Waals surface area contributed by atoms with Crippen LogP contribution in [0.25, 0.3) is 11.1 Å². The second-order valence-electron chi connectivity index (χ2n) is 5.79. The Kier molecular flexibility index (Phi) is 6.31. The van der Waals surface area contributed by atoms with Crippen LogP contribution in [0, 0.1) is 0 Å².